The van der Waals surface area contributed by atoms with Gasteiger partial charge in [-0.05, 0) is 36.8 Å². The van der Waals surface area contributed by atoms with Gasteiger partial charge in [-0.25, -0.2) is 8.78 Å². The summed E-state index contributed by atoms with van der Waals surface area (Å²) in [5.74, 6) is -1.63. The van der Waals surface area contributed by atoms with Gasteiger partial charge >= 0.3 is 0 Å². The minimum atomic E-state index is -0.803. The number of hydrogen-bond acceptors (Lipinski definition) is 3. The fraction of sp³-hybridized carbons (Fsp3) is 0.133. The molecule has 0 saturated carbocycles. The third-order valence-corrected chi connectivity index (χ3v) is 2.75. The van der Waals surface area contributed by atoms with Crippen molar-refractivity contribution in [1.29, 1.82) is 5.26 Å². The van der Waals surface area contributed by atoms with Crippen molar-refractivity contribution in [2.24, 2.45) is 0 Å². The predicted octanol–water partition coefficient (Wildman–Crippen LogP) is 3.68. The summed E-state index contributed by atoms with van der Waals surface area (Å²) >= 11 is 0. The Hall–Kier alpha value is -2.45. The quantitative estimate of drug-likeness (QED) is 0.929. The van der Waals surface area contributed by atoms with Crippen LogP contribution in [-0.4, -0.2) is 5.11 Å². The van der Waals surface area contributed by atoms with Gasteiger partial charge in [0, 0.05) is 0 Å². The molecule has 0 aromatic heterocycles. The Bertz CT molecular complexity index is 678. The van der Waals surface area contributed by atoms with Gasteiger partial charge in [-0.15, -0.1) is 0 Å². The van der Waals surface area contributed by atoms with Gasteiger partial charge in [-0.3, -0.25) is 0 Å². The third kappa shape index (κ3) is 2.76. The highest BCUT2D eigenvalue weighted by Gasteiger charge is 2.13. The minimum absolute atomic E-state index is 0.0591. The molecule has 0 bridgehead atoms. The molecule has 2 aromatic rings. The van der Waals surface area contributed by atoms with Crippen molar-refractivity contribution >= 4 is 0 Å². The van der Waals surface area contributed by atoms with E-state index >= 15 is 0 Å². The van der Waals surface area contributed by atoms with Crippen LogP contribution in [0.4, 0.5) is 8.78 Å². The van der Waals surface area contributed by atoms with Crippen LogP contribution in [0.25, 0.3) is 0 Å². The number of aliphatic hydroxyl groups is 1. The highest BCUT2D eigenvalue weighted by atomic mass is 19.1. The van der Waals surface area contributed by atoms with E-state index in [1.807, 2.05) is 0 Å². The summed E-state index contributed by atoms with van der Waals surface area (Å²) in [5.41, 5.74) is 0.112. The SMILES string of the molecule is CC(O)c1ccc(Oc2cccc(F)c2C#N)c(F)c1. The van der Waals surface area contributed by atoms with E-state index in [4.69, 9.17) is 10.00 Å². The molecule has 0 saturated heterocycles. The van der Waals surface area contributed by atoms with E-state index in [-0.39, 0.29) is 17.1 Å². The molecule has 102 valence electrons. The van der Waals surface area contributed by atoms with Crippen LogP contribution in [0.1, 0.15) is 24.2 Å². The van der Waals surface area contributed by atoms with Crippen LogP contribution < -0.4 is 4.74 Å². The maximum atomic E-state index is 13.8. The average Bonchev–Trinajstić information content (AvgIpc) is 2.41. The van der Waals surface area contributed by atoms with Crippen LogP contribution in [0, 0.1) is 23.0 Å². The zero-order valence-electron chi connectivity index (χ0n) is 10.6. The second-order valence-corrected chi connectivity index (χ2v) is 4.19. The molecule has 0 fully saturated rings. The number of hydrogen-bond donors (Lipinski definition) is 1. The molecule has 5 heteroatoms. The molecule has 3 nitrogen and oxygen atoms in total. The first kappa shape index (κ1) is 14.0. The molecule has 0 aliphatic heterocycles. The van der Waals surface area contributed by atoms with Gasteiger partial charge in [0.1, 0.15) is 23.2 Å². The Morgan fingerprint density at radius 3 is 2.50 bits per heavy atom. The highest BCUT2D eigenvalue weighted by Crippen LogP contribution is 2.29. The first-order chi connectivity index (χ1) is 9.52. The van der Waals surface area contributed by atoms with Gasteiger partial charge in [0.25, 0.3) is 0 Å². The first-order valence-electron chi connectivity index (χ1n) is 5.87. The van der Waals surface area contributed by atoms with Crippen LogP contribution in [0.2, 0.25) is 0 Å². The number of benzene rings is 2. The van der Waals surface area contributed by atoms with Gasteiger partial charge in [0.2, 0.25) is 0 Å². The summed E-state index contributed by atoms with van der Waals surface area (Å²) in [6.07, 6.45) is -0.803. The van der Waals surface area contributed by atoms with E-state index < -0.39 is 17.7 Å². The van der Waals surface area contributed by atoms with Gasteiger partial charge in [0.05, 0.1) is 6.10 Å². The van der Waals surface area contributed by atoms with Crippen LogP contribution in [0.15, 0.2) is 36.4 Å². The number of rotatable bonds is 3. The van der Waals surface area contributed by atoms with Gasteiger partial charge in [0.15, 0.2) is 11.6 Å². The summed E-state index contributed by atoms with van der Waals surface area (Å²) in [5, 5.41) is 18.2. The fourth-order valence-electron chi connectivity index (χ4n) is 1.68. The van der Waals surface area contributed by atoms with Crippen LogP contribution >= 0.6 is 0 Å². The summed E-state index contributed by atoms with van der Waals surface area (Å²) in [7, 11) is 0. The molecular weight excluding hydrogens is 264 g/mol. The van der Waals surface area contributed by atoms with Gasteiger partial charge < -0.3 is 9.84 Å². The standard InChI is InChI=1S/C15H11F2NO2/c1-9(19)10-5-6-15(13(17)7-10)20-14-4-2-3-12(16)11(14)8-18/h2-7,9,19H,1H3. The summed E-state index contributed by atoms with van der Waals surface area (Å²) in [6, 6.07) is 9.49. The number of nitriles is 1. The lowest BCUT2D eigenvalue weighted by Crippen LogP contribution is -1.96. The lowest BCUT2D eigenvalue weighted by molar-refractivity contribution is 0.198. The second-order valence-electron chi connectivity index (χ2n) is 4.19. The lowest BCUT2D eigenvalue weighted by atomic mass is 10.1. The monoisotopic (exact) mass is 275 g/mol. The molecule has 0 heterocycles. The Morgan fingerprint density at radius 2 is 1.90 bits per heavy atom. The van der Waals surface area contributed by atoms with E-state index in [1.54, 1.807) is 6.07 Å². The molecule has 2 aromatic carbocycles. The minimum Gasteiger partial charge on any atom is -0.453 e. The van der Waals surface area contributed by atoms with Crippen molar-refractivity contribution in [1.82, 2.24) is 0 Å². The average molecular weight is 275 g/mol. The molecular formula is C15H11F2NO2. The zero-order valence-corrected chi connectivity index (χ0v) is 10.6. The molecule has 1 unspecified atom stereocenters. The van der Waals surface area contributed by atoms with E-state index in [1.165, 1.54) is 31.2 Å². The lowest BCUT2D eigenvalue weighted by Gasteiger charge is -2.10. The smallest absolute Gasteiger partial charge is 0.166 e. The Balaban J connectivity index is 2.36. The maximum Gasteiger partial charge on any atom is 0.166 e. The molecule has 20 heavy (non-hydrogen) atoms. The highest BCUT2D eigenvalue weighted by molar-refractivity contribution is 5.46. The van der Waals surface area contributed by atoms with Crippen molar-refractivity contribution in [3.05, 3.63) is 59.2 Å². The van der Waals surface area contributed by atoms with Crippen LogP contribution in [-0.2, 0) is 0 Å². The predicted molar refractivity (Wildman–Crippen MR) is 68.2 cm³/mol. The van der Waals surface area contributed by atoms with E-state index in [0.717, 1.165) is 12.1 Å². The summed E-state index contributed by atoms with van der Waals surface area (Å²) < 4.78 is 32.4. The largest absolute Gasteiger partial charge is 0.453 e. The van der Waals surface area contributed by atoms with Crippen molar-refractivity contribution in [2.75, 3.05) is 0 Å². The molecule has 0 spiro atoms. The number of aliphatic hydroxyl groups excluding tert-OH is 1. The van der Waals surface area contributed by atoms with Crippen molar-refractivity contribution < 1.29 is 18.6 Å². The van der Waals surface area contributed by atoms with Gasteiger partial charge in [-0.2, -0.15) is 5.26 Å². The number of nitrogens with zero attached hydrogens (tertiary/aromatic N) is 1. The van der Waals surface area contributed by atoms with Crippen molar-refractivity contribution in [2.45, 2.75) is 13.0 Å². The zero-order chi connectivity index (χ0) is 14.7. The Morgan fingerprint density at radius 1 is 1.15 bits per heavy atom. The molecule has 1 N–H and O–H groups in total. The van der Waals surface area contributed by atoms with Crippen molar-refractivity contribution in [3.63, 3.8) is 0 Å². The van der Waals surface area contributed by atoms with E-state index in [9.17, 15) is 13.9 Å². The molecule has 0 radical (unpaired) electrons. The first-order valence-corrected chi connectivity index (χ1v) is 5.87. The Labute approximate surface area is 114 Å². The molecule has 0 amide bonds. The third-order valence-electron chi connectivity index (χ3n) is 2.75. The summed E-state index contributed by atoms with van der Waals surface area (Å²) in [4.78, 5) is 0. The molecule has 2 rings (SSSR count). The molecule has 0 aliphatic rings. The summed E-state index contributed by atoms with van der Waals surface area (Å²) in [6.45, 7) is 1.51. The van der Waals surface area contributed by atoms with Crippen LogP contribution in [0.3, 0.4) is 0 Å². The normalized spacial score (nSPS) is 11.8. The van der Waals surface area contributed by atoms with Crippen LogP contribution in [0.5, 0.6) is 11.5 Å². The number of ether oxygens (including phenoxy) is 1. The fourth-order valence-corrected chi connectivity index (χ4v) is 1.68. The molecule has 1 atom stereocenters. The van der Waals surface area contributed by atoms with Gasteiger partial charge in [-0.1, -0.05) is 12.1 Å². The number of halogens is 2. The maximum absolute atomic E-state index is 13.8. The van der Waals surface area contributed by atoms with Crippen molar-refractivity contribution in [3.8, 4) is 17.6 Å². The van der Waals surface area contributed by atoms with E-state index in [0.29, 0.717) is 5.56 Å². The van der Waals surface area contributed by atoms with E-state index in [2.05, 4.69) is 0 Å². The molecule has 0 aliphatic carbocycles. The second kappa shape index (κ2) is 5.68. The topological polar surface area (TPSA) is 53.2 Å². The Kier molecular flexibility index (Phi) is 3.97.